The van der Waals surface area contributed by atoms with Gasteiger partial charge >= 0.3 is 0 Å². The molecule has 1 unspecified atom stereocenters. The second kappa shape index (κ2) is 11.0. The van der Waals surface area contributed by atoms with E-state index in [1.54, 1.807) is 27.9 Å². The fourth-order valence-electron chi connectivity index (χ4n) is 3.62. The van der Waals surface area contributed by atoms with Crippen molar-refractivity contribution in [3.63, 3.8) is 0 Å². The average Bonchev–Trinajstić information content (AvgIpc) is 3.09. The Labute approximate surface area is 205 Å². The van der Waals surface area contributed by atoms with Crippen molar-refractivity contribution in [3.8, 4) is 17.1 Å². The molecule has 0 saturated carbocycles. The molecule has 0 bridgehead atoms. The maximum atomic E-state index is 13.0. The molecule has 0 aliphatic carbocycles. The number of imidazole rings is 1. The fraction of sp³-hybridized carbons (Fsp3) is 0.478. The van der Waals surface area contributed by atoms with Crippen molar-refractivity contribution < 1.29 is 17.9 Å². The predicted octanol–water partition coefficient (Wildman–Crippen LogP) is 2.14. The molecule has 11 nitrogen and oxygen atoms in total. The lowest BCUT2D eigenvalue weighted by atomic mass is 10.2. The highest BCUT2D eigenvalue weighted by Gasteiger charge is 2.25. The minimum atomic E-state index is -4.06. The SMILES string of the molecule is C.CCCc1nc(C)c2c(=O)[nH]c(-c3cc(S(=O)(=O)NC(C)C(=O)N(C)C)ccc3OCC)nn12. The molecule has 0 fully saturated rings. The summed E-state index contributed by atoms with van der Waals surface area (Å²) in [6.07, 6.45) is 1.44. The van der Waals surface area contributed by atoms with E-state index in [1.807, 2.05) is 6.92 Å². The number of carbonyl (C=O) groups is 1. The number of aromatic nitrogens is 4. The summed E-state index contributed by atoms with van der Waals surface area (Å²) in [6.45, 7) is 7.33. The number of rotatable bonds is 9. The molecule has 3 rings (SSSR count). The normalized spacial score (nSPS) is 12.3. The molecule has 0 spiro atoms. The number of hydrogen-bond acceptors (Lipinski definition) is 7. The topological polar surface area (TPSA) is 139 Å². The van der Waals surface area contributed by atoms with Crippen LogP contribution >= 0.6 is 0 Å². The lowest BCUT2D eigenvalue weighted by Crippen LogP contribution is -2.44. The van der Waals surface area contributed by atoms with Crippen molar-refractivity contribution in [2.24, 2.45) is 0 Å². The third-order valence-corrected chi connectivity index (χ3v) is 6.71. The molecule has 2 N–H and O–H groups in total. The van der Waals surface area contributed by atoms with Gasteiger partial charge in [0.2, 0.25) is 15.9 Å². The van der Waals surface area contributed by atoms with Gasteiger partial charge in [0.15, 0.2) is 11.3 Å². The zero-order chi connectivity index (χ0) is 25.2. The first-order valence-corrected chi connectivity index (χ1v) is 12.5. The molecule has 192 valence electrons. The van der Waals surface area contributed by atoms with E-state index in [0.29, 0.717) is 41.4 Å². The van der Waals surface area contributed by atoms with Gasteiger partial charge in [0, 0.05) is 20.5 Å². The molecule has 0 radical (unpaired) electrons. The van der Waals surface area contributed by atoms with Crippen LogP contribution in [0.4, 0.5) is 0 Å². The highest BCUT2D eigenvalue weighted by Crippen LogP contribution is 2.30. The van der Waals surface area contributed by atoms with Crippen LogP contribution in [0.5, 0.6) is 5.75 Å². The number of amides is 1. The number of nitrogens with one attached hydrogen (secondary N) is 2. The van der Waals surface area contributed by atoms with Crippen LogP contribution in [-0.2, 0) is 21.2 Å². The van der Waals surface area contributed by atoms with E-state index in [2.05, 4.69) is 19.8 Å². The Morgan fingerprint density at radius 2 is 1.97 bits per heavy atom. The van der Waals surface area contributed by atoms with Gasteiger partial charge in [0.25, 0.3) is 5.56 Å². The Morgan fingerprint density at radius 3 is 2.57 bits per heavy atom. The molecule has 1 amide bonds. The highest BCUT2D eigenvalue weighted by molar-refractivity contribution is 7.89. The maximum absolute atomic E-state index is 13.0. The van der Waals surface area contributed by atoms with E-state index in [-0.39, 0.29) is 24.1 Å². The Balaban J connectivity index is 0.00000432. The first-order valence-electron chi connectivity index (χ1n) is 11.0. The molecule has 2 aromatic heterocycles. The van der Waals surface area contributed by atoms with Crippen molar-refractivity contribution in [1.82, 2.24) is 29.2 Å². The number of benzene rings is 1. The summed E-state index contributed by atoms with van der Waals surface area (Å²) in [7, 11) is -0.964. The summed E-state index contributed by atoms with van der Waals surface area (Å²) in [5, 5.41) is 4.57. The summed E-state index contributed by atoms with van der Waals surface area (Å²) < 4.78 is 35.6. The monoisotopic (exact) mass is 506 g/mol. The van der Waals surface area contributed by atoms with Crippen LogP contribution in [0.15, 0.2) is 27.9 Å². The largest absolute Gasteiger partial charge is 0.493 e. The van der Waals surface area contributed by atoms with Crippen LogP contribution in [-0.4, -0.2) is 65.6 Å². The van der Waals surface area contributed by atoms with E-state index in [9.17, 15) is 18.0 Å². The molecule has 0 saturated heterocycles. The molecule has 1 atom stereocenters. The van der Waals surface area contributed by atoms with Crippen molar-refractivity contribution in [3.05, 3.63) is 40.1 Å². The zero-order valence-corrected chi connectivity index (χ0v) is 21.0. The second-order valence-electron chi connectivity index (χ2n) is 8.09. The highest BCUT2D eigenvalue weighted by atomic mass is 32.2. The number of nitrogens with zero attached hydrogens (tertiary/aromatic N) is 4. The molecule has 0 aliphatic heterocycles. The zero-order valence-electron chi connectivity index (χ0n) is 20.2. The third-order valence-electron chi connectivity index (χ3n) is 5.18. The summed E-state index contributed by atoms with van der Waals surface area (Å²) in [5.41, 5.74) is 0.806. The van der Waals surface area contributed by atoms with Gasteiger partial charge < -0.3 is 14.6 Å². The van der Waals surface area contributed by atoms with Crippen molar-refractivity contribution >= 4 is 21.4 Å². The van der Waals surface area contributed by atoms with Crippen molar-refractivity contribution in [1.29, 1.82) is 0 Å². The molecular formula is C23H34N6O5S. The average molecular weight is 507 g/mol. The van der Waals surface area contributed by atoms with Crippen LogP contribution in [0.25, 0.3) is 16.9 Å². The number of carbonyl (C=O) groups excluding carboxylic acids is 1. The van der Waals surface area contributed by atoms with Crippen LogP contribution in [0.3, 0.4) is 0 Å². The number of likely N-dealkylation sites (N-methyl/N-ethyl adjacent to an activating group) is 1. The maximum Gasteiger partial charge on any atom is 0.277 e. The van der Waals surface area contributed by atoms with Crippen LogP contribution in [0.2, 0.25) is 0 Å². The minimum absolute atomic E-state index is 0. The van der Waals surface area contributed by atoms with E-state index in [4.69, 9.17) is 4.74 Å². The number of fused-ring (bicyclic) bond motifs is 1. The number of sulfonamides is 1. The van der Waals surface area contributed by atoms with Crippen molar-refractivity contribution in [2.75, 3.05) is 20.7 Å². The van der Waals surface area contributed by atoms with Crippen LogP contribution in [0.1, 0.15) is 46.1 Å². The minimum Gasteiger partial charge on any atom is -0.493 e. The Kier molecular flexibility index (Phi) is 8.79. The molecule has 1 aromatic carbocycles. The van der Waals surface area contributed by atoms with E-state index in [1.165, 1.54) is 34.5 Å². The van der Waals surface area contributed by atoms with Crippen molar-refractivity contribution in [2.45, 2.75) is 58.9 Å². The molecular weight excluding hydrogens is 472 g/mol. The quantitative estimate of drug-likeness (QED) is 0.453. The Hall–Kier alpha value is -3.25. The van der Waals surface area contributed by atoms with E-state index >= 15 is 0 Å². The second-order valence-corrected chi connectivity index (χ2v) is 9.81. The van der Waals surface area contributed by atoms with Gasteiger partial charge in [-0.2, -0.15) is 4.72 Å². The standard InChI is InChI=1S/C22H30N6O5S.CH4/c1-7-9-18-23-13(3)19-21(29)24-20(25-28(18)19)16-12-15(10-11-17(16)33-8-2)34(31,32)26-14(4)22(30)27(5)6;/h10-12,14,26H,7-9H2,1-6H3,(H,24,25,29);1H4. The lowest BCUT2D eigenvalue weighted by molar-refractivity contribution is -0.130. The molecule has 2 heterocycles. The number of hydrogen-bond donors (Lipinski definition) is 2. The number of H-pyrrole nitrogens is 1. The Bertz CT molecular complexity index is 1380. The lowest BCUT2D eigenvalue weighted by Gasteiger charge is -2.18. The number of aryl methyl sites for hydroxylation is 2. The van der Waals surface area contributed by atoms with Gasteiger partial charge in [-0.1, -0.05) is 14.4 Å². The number of ether oxygens (including phenoxy) is 1. The first kappa shape index (κ1) is 28.0. The van der Waals surface area contributed by atoms with Gasteiger partial charge in [-0.3, -0.25) is 9.59 Å². The molecule has 3 aromatic rings. The van der Waals surface area contributed by atoms with Gasteiger partial charge in [-0.15, -0.1) is 5.10 Å². The summed E-state index contributed by atoms with van der Waals surface area (Å²) in [6, 6.07) is 3.29. The number of aromatic amines is 1. The van der Waals surface area contributed by atoms with E-state index in [0.717, 1.165) is 6.42 Å². The molecule has 0 aliphatic rings. The summed E-state index contributed by atoms with van der Waals surface area (Å²) in [4.78, 5) is 33.4. The van der Waals surface area contributed by atoms with Gasteiger partial charge in [0.1, 0.15) is 11.6 Å². The van der Waals surface area contributed by atoms with Gasteiger partial charge in [0.05, 0.1) is 28.8 Å². The molecule has 12 heteroatoms. The van der Waals surface area contributed by atoms with Crippen LogP contribution in [0, 0.1) is 6.92 Å². The molecule has 35 heavy (non-hydrogen) atoms. The Morgan fingerprint density at radius 1 is 1.29 bits per heavy atom. The van der Waals surface area contributed by atoms with E-state index < -0.39 is 21.6 Å². The van der Waals surface area contributed by atoms with Gasteiger partial charge in [-0.25, -0.2) is 17.9 Å². The first-order chi connectivity index (χ1) is 16.0. The van der Waals surface area contributed by atoms with Crippen LogP contribution < -0.4 is 15.0 Å². The van der Waals surface area contributed by atoms with Gasteiger partial charge in [-0.05, 0) is 45.4 Å². The summed E-state index contributed by atoms with van der Waals surface area (Å²) in [5.74, 6) is 0.757. The fourth-order valence-corrected chi connectivity index (χ4v) is 4.85. The summed E-state index contributed by atoms with van der Waals surface area (Å²) >= 11 is 0. The predicted molar refractivity (Wildman–Crippen MR) is 134 cm³/mol. The smallest absolute Gasteiger partial charge is 0.277 e. The third kappa shape index (κ3) is 5.70.